The van der Waals surface area contributed by atoms with Crippen LogP contribution in [0.4, 0.5) is 0 Å². The molecule has 0 rings (SSSR count). The first-order valence-corrected chi connectivity index (χ1v) is 8.20. The first-order chi connectivity index (χ1) is 8.74. The fraction of sp³-hybridized carbons (Fsp3) is 1.00. The van der Waals surface area contributed by atoms with Gasteiger partial charge >= 0.3 is 0 Å². The molecule has 0 aliphatic carbocycles. The van der Waals surface area contributed by atoms with E-state index in [9.17, 15) is 0 Å². The predicted octanol–water partition coefficient (Wildman–Crippen LogP) is 0.980. The molecule has 0 atom stereocenters. The zero-order chi connectivity index (χ0) is 13.7. The molecule has 19 heavy (non-hydrogen) atoms. The maximum absolute atomic E-state index is 8.98. The number of aliphatic hydroxyl groups is 1. The van der Waals surface area contributed by atoms with Crippen molar-refractivity contribution in [2.24, 2.45) is 0 Å². The van der Waals surface area contributed by atoms with Gasteiger partial charge in [-0.1, -0.05) is 40.0 Å². The molecule has 0 aliphatic rings. The van der Waals surface area contributed by atoms with Crippen LogP contribution in [0, 0.1) is 0 Å². The number of hydrogen-bond donors (Lipinski definition) is 1. The zero-order valence-electron chi connectivity index (χ0n) is 13.5. The van der Waals surface area contributed by atoms with Gasteiger partial charge in [-0.3, -0.25) is 0 Å². The summed E-state index contributed by atoms with van der Waals surface area (Å²) in [6.07, 6.45) is 10.1. The molecule has 0 spiro atoms. The third-order valence-electron chi connectivity index (χ3n) is 4.00. The smallest absolute Gasteiger partial charge is 0.0787 e. The van der Waals surface area contributed by atoms with Crippen LogP contribution in [-0.2, 0) is 0 Å². The fourth-order valence-electron chi connectivity index (χ4n) is 2.71. The summed E-state index contributed by atoms with van der Waals surface area (Å²) in [6, 6.07) is 0. The lowest BCUT2D eigenvalue weighted by atomic mass is 10.1. The minimum atomic E-state index is 0. The lowest BCUT2D eigenvalue weighted by molar-refractivity contribution is -0.929. The molecular formula is C16H36ClNO. The molecule has 0 bridgehead atoms. The summed E-state index contributed by atoms with van der Waals surface area (Å²) in [5.74, 6) is 0. The second kappa shape index (κ2) is 14.6. The Morgan fingerprint density at radius 3 is 1.32 bits per heavy atom. The molecular weight excluding hydrogens is 258 g/mol. The largest absolute Gasteiger partial charge is 1.00 e. The summed E-state index contributed by atoms with van der Waals surface area (Å²) in [5.41, 5.74) is 0. The van der Waals surface area contributed by atoms with Gasteiger partial charge in [-0.05, 0) is 32.1 Å². The number of hydrogen-bond acceptors (Lipinski definition) is 1. The van der Waals surface area contributed by atoms with Gasteiger partial charge in [-0.25, -0.2) is 0 Å². The molecule has 118 valence electrons. The normalized spacial score (nSPS) is 11.4. The van der Waals surface area contributed by atoms with Crippen LogP contribution in [-0.4, -0.2) is 42.4 Å². The highest BCUT2D eigenvalue weighted by atomic mass is 35.5. The molecule has 0 unspecified atom stereocenters. The van der Waals surface area contributed by atoms with Crippen molar-refractivity contribution in [2.45, 2.75) is 72.1 Å². The van der Waals surface area contributed by atoms with Crippen LogP contribution in [0.25, 0.3) is 0 Å². The Labute approximate surface area is 127 Å². The van der Waals surface area contributed by atoms with Gasteiger partial charge in [0.15, 0.2) is 0 Å². The molecule has 0 radical (unpaired) electrons. The Bertz CT molecular complexity index is 154. The van der Waals surface area contributed by atoms with Gasteiger partial charge in [-0.2, -0.15) is 0 Å². The fourth-order valence-corrected chi connectivity index (χ4v) is 2.71. The summed E-state index contributed by atoms with van der Waals surface area (Å²) in [5, 5.41) is 8.98. The van der Waals surface area contributed by atoms with E-state index in [-0.39, 0.29) is 12.4 Å². The summed E-state index contributed by atoms with van der Waals surface area (Å²) < 4.78 is 1.32. The first-order valence-electron chi connectivity index (χ1n) is 8.20. The molecule has 0 aromatic carbocycles. The standard InChI is InChI=1S/C16H36NO.ClH/c1-4-7-12-17(13-8-5-2,14-9-6-3)15-10-11-16-18;/h18H,4-16H2,1-3H3;1H/q+1;/p-1. The highest BCUT2D eigenvalue weighted by Gasteiger charge is 2.24. The minimum absolute atomic E-state index is 0. The Morgan fingerprint density at radius 2 is 1.00 bits per heavy atom. The number of halogens is 1. The maximum Gasteiger partial charge on any atom is 0.0787 e. The van der Waals surface area contributed by atoms with E-state index in [1.54, 1.807) is 0 Å². The van der Waals surface area contributed by atoms with E-state index in [1.165, 1.54) is 75.6 Å². The van der Waals surface area contributed by atoms with Crippen LogP contribution in [0.2, 0.25) is 0 Å². The van der Waals surface area contributed by atoms with E-state index in [4.69, 9.17) is 5.11 Å². The van der Waals surface area contributed by atoms with Crippen molar-refractivity contribution >= 4 is 0 Å². The second-order valence-electron chi connectivity index (χ2n) is 5.73. The zero-order valence-corrected chi connectivity index (χ0v) is 14.2. The summed E-state index contributed by atoms with van der Waals surface area (Å²) in [7, 11) is 0. The monoisotopic (exact) mass is 293 g/mol. The summed E-state index contributed by atoms with van der Waals surface area (Å²) in [6.45, 7) is 12.6. The first kappa shape index (κ1) is 21.5. The van der Waals surface area contributed by atoms with Crippen LogP contribution in [0.1, 0.15) is 72.1 Å². The summed E-state index contributed by atoms with van der Waals surface area (Å²) >= 11 is 0. The van der Waals surface area contributed by atoms with Crippen molar-refractivity contribution in [1.29, 1.82) is 0 Å². The van der Waals surface area contributed by atoms with E-state index in [0.29, 0.717) is 6.61 Å². The van der Waals surface area contributed by atoms with Crippen molar-refractivity contribution in [3.05, 3.63) is 0 Å². The topological polar surface area (TPSA) is 20.2 Å². The van der Waals surface area contributed by atoms with Gasteiger partial charge in [0.25, 0.3) is 0 Å². The Kier molecular flexibility index (Phi) is 16.5. The Balaban J connectivity index is 0. The highest BCUT2D eigenvalue weighted by molar-refractivity contribution is 4.50. The molecule has 0 saturated carbocycles. The van der Waals surface area contributed by atoms with Crippen molar-refractivity contribution in [3.63, 3.8) is 0 Å². The van der Waals surface area contributed by atoms with E-state index in [1.807, 2.05) is 0 Å². The molecule has 2 nitrogen and oxygen atoms in total. The van der Waals surface area contributed by atoms with Crippen molar-refractivity contribution in [2.75, 3.05) is 32.8 Å². The lowest BCUT2D eigenvalue weighted by Gasteiger charge is -2.39. The van der Waals surface area contributed by atoms with Gasteiger partial charge in [0, 0.05) is 6.61 Å². The molecule has 0 aromatic rings. The molecule has 0 aromatic heterocycles. The van der Waals surface area contributed by atoms with Gasteiger partial charge in [-0.15, -0.1) is 0 Å². The van der Waals surface area contributed by atoms with Gasteiger partial charge in [0.2, 0.25) is 0 Å². The molecule has 0 amide bonds. The molecule has 3 heteroatoms. The number of aliphatic hydroxyl groups excluding tert-OH is 1. The van der Waals surface area contributed by atoms with Crippen LogP contribution in [0.5, 0.6) is 0 Å². The van der Waals surface area contributed by atoms with Crippen LogP contribution in [0.15, 0.2) is 0 Å². The van der Waals surface area contributed by atoms with Crippen LogP contribution >= 0.6 is 0 Å². The number of unbranched alkanes of at least 4 members (excludes halogenated alkanes) is 4. The van der Waals surface area contributed by atoms with Gasteiger partial charge in [0.05, 0.1) is 26.2 Å². The van der Waals surface area contributed by atoms with E-state index < -0.39 is 0 Å². The van der Waals surface area contributed by atoms with Crippen molar-refractivity contribution in [1.82, 2.24) is 0 Å². The number of rotatable bonds is 13. The molecule has 0 heterocycles. The molecule has 1 N–H and O–H groups in total. The molecule has 0 fully saturated rings. The van der Waals surface area contributed by atoms with Gasteiger partial charge in [0.1, 0.15) is 0 Å². The van der Waals surface area contributed by atoms with Crippen molar-refractivity contribution in [3.8, 4) is 0 Å². The highest BCUT2D eigenvalue weighted by Crippen LogP contribution is 2.16. The van der Waals surface area contributed by atoms with Crippen LogP contribution in [0.3, 0.4) is 0 Å². The quantitative estimate of drug-likeness (QED) is 0.396. The maximum atomic E-state index is 8.98. The second-order valence-corrected chi connectivity index (χ2v) is 5.73. The average molecular weight is 294 g/mol. The van der Waals surface area contributed by atoms with E-state index in [2.05, 4.69) is 20.8 Å². The lowest BCUT2D eigenvalue weighted by Crippen LogP contribution is -3.00. The van der Waals surface area contributed by atoms with Crippen LogP contribution < -0.4 is 12.4 Å². The summed E-state index contributed by atoms with van der Waals surface area (Å²) in [4.78, 5) is 0. The molecule has 0 aliphatic heterocycles. The Morgan fingerprint density at radius 1 is 0.632 bits per heavy atom. The van der Waals surface area contributed by atoms with E-state index >= 15 is 0 Å². The van der Waals surface area contributed by atoms with E-state index in [0.717, 1.165) is 6.42 Å². The number of quaternary nitrogens is 1. The minimum Gasteiger partial charge on any atom is -1.00 e. The average Bonchev–Trinajstić information content (AvgIpc) is 2.40. The van der Waals surface area contributed by atoms with Crippen molar-refractivity contribution < 1.29 is 22.0 Å². The Hall–Kier alpha value is 0.210. The predicted molar refractivity (Wildman–Crippen MR) is 80.8 cm³/mol. The third-order valence-corrected chi connectivity index (χ3v) is 4.00. The van der Waals surface area contributed by atoms with Gasteiger partial charge < -0.3 is 22.0 Å². The number of nitrogens with zero attached hydrogens (tertiary/aromatic N) is 1. The third kappa shape index (κ3) is 10.6. The SMILES string of the molecule is CCCC[N+](CCCC)(CCCC)CCCCO.[Cl-]. The molecule has 0 saturated heterocycles.